The Hall–Kier alpha value is -1.61. The maximum absolute atomic E-state index is 13.8. The van der Waals surface area contributed by atoms with Crippen LogP contribution in [0.4, 0.5) is 45.2 Å². The minimum atomic E-state index is -6.73. The minimum absolute atomic E-state index is 0.0765. The third-order valence-electron chi connectivity index (χ3n) is 2.46. The molecule has 0 aliphatic heterocycles. The number of halogens is 9. The first kappa shape index (κ1) is 16.4. The molecule has 2 N–H and O–H groups in total. The third kappa shape index (κ3) is 2.27. The van der Waals surface area contributed by atoms with Crippen LogP contribution in [-0.2, 0) is 5.67 Å². The number of nitrogen functional groups attached to an aromatic ring is 1. The van der Waals surface area contributed by atoms with Crippen molar-refractivity contribution in [1.29, 1.82) is 0 Å². The van der Waals surface area contributed by atoms with E-state index in [1.165, 1.54) is 0 Å². The Bertz CT molecular complexity index is 490. The Kier molecular flexibility index (Phi) is 3.66. The summed E-state index contributed by atoms with van der Waals surface area (Å²) >= 11 is 0. The van der Waals surface area contributed by atoms with Crippen LogP contribution >= 0.6 is 0 Å². The van der Waals surface area contributed by atoms with E-state index in [-0.39, 0.29) is 12.1 Å². The molecular formula is C10H6F9N. The number of hydrogen-bond donors (Lipinski definition) is 1. The van der Waals surface area contributed by atoms with Crippen LogP contribution in [0.25, 0.3) is 0 Å². The summed E-state index contributed by atoms with van der Waals surface area (Å²) in [5.41, 5.74) is -3.46. The molecule has 0 aromatic heterocycles. The molecule has 0 saturated carbocycles. The van der Waals surface area contributed by atoms with Crippen molar-refractivity contribution in [2.24, 2.45) is 0 Å². The smallest absolute Gasteiger partial charge is 0.399 e. The predicted octanol–water partition coefficient (Wildman–Crippen LogP) is 4.19. The summed E-state index contributed by atoms with van der Waals surface area (Å²) in [6, 6.07) is 1.78. The Labute approximate surface area is 106 Å². The maximum Gasteiger partial charge on any atom is 0.457 e. The molecule has 0 amide bonds. The molecule has 114 valence electrons. The highest BCUT2D eigenvalue weighted by molar-refractivity contribution is 5.44. The van der Waals surface area contributed by atoms with Gasteiger partial charge in [0.25, 0.3) is 0 Å². The zero-order valence-electron chi connectivity index (χ0n) is 9.29. The van der Waals surface area contributed by atoms with E-state index in [0.717, 1.165) is 6.07 Å². The molecule has 0 bridgehead atoms. The van der Waals surface area contributed by atoms with Crippen LogP contribution < -0.4 is 5.73 Å². The second-order valence-corrected chi connectivity index (χ2v) is 3.85. The molecule has 1 aromatic carbocycles. The van der Waals surface area contributed by atoms with Crippen LogP contribution in [0, 0.1) is 0 Å². The molecule has 20 heavy (non-hydrogen) atoms. The molecule has 10 heteroatoms. The lowest BCUT2D eigenvalue weighted by molar-refractivity contribution is -0.389. The summed E-state index contributed by atoms with van der Waals surface area (Å²) in [4.78, 5) is 0. The van der Waals surface area contributed by atoms with Crippen molar-refractivity contribution in [2.45, 2.75) is 23.9 Å². The second kappa shape index (κ2) is 4.45. The van der Waals surface area contributed by atoms with Crippen molar-refractivity contribution in [2.75, 3.05) is 5.73 Å². The van der Waals surface area contributed by atoms with Gasteiger partial charge in [-0.25, -0.2) is 4.39 Å². The van der Waals surface area contributed by atoms with Crippen molar-refractivity contribution >= 4 is 5.69 Å². The molecule has 0 fully saturated rings. The van der Waals surface area contributed by atoms with Gasteiger partial charge in [0.2, 0.25) is 0 Å². The Morgan fingerprint density at radius 2 is 1.25 bits per heavy atom. The Morgan fingerprint density at radius 3 is 1.60 bits per heavy atom. The predicted molar refractivity (Wildman–Crippen MR) is 50.7 cm³/mol. The second-order valence-electron chi connectivity index (χ2n) is 3.85. The quantitative estimate of drug-likeness (QED) is 0.643. The molecular weight excluding hydrogens is 305 g/mol. The van der Waals surface area contributed by atoms with Crippen LogP contribution in [0.3, 0.4) is 0 Å². The van der Waals surface area contributed by atoms with Gasteiger partial charge in [0, 0.05) is 11.3 Å². The van der Waals surface area contributed by atoms with Gasteiger partial charge in [-0.05, 0) is 12.1 Å². The van der Waals surface area contributed by atoms with Gasteiger partial charge in [-0.2, -0.15) is 35.1 Å². The average Bonchev–Trinajstić information content (AvgIpc) is 2.24. The van der Waals surface area contributed by atoms with Gasteiger partial charge >= 0.3 is 23.9 Å². The first-order valence-electron chi connectivity index (χ1n) is 4.81. The molecule has 1 rings (SSSR count). The van der Waals surface area contributed by atoms with Gasteiger partial charge in [-0.15, -0.1) is 0 Å². The molecule has 0 saturated heterocycles. The van der Waals surface area contributed by atoms with Gasteiger partial charge in [0.1, 0.15) is 0 Å². The van der Waals surface area contributed by atoms with E-state index in [0.29, 0.717) is 6.07 Å². The zero-order chi connectivity index (χ0) is 16.0. The molecule has 1 nitrogen and oxygen atoms in total. The molecule has 1 unspecified atom stereocenters. The van der Waals surface area contributed by atoms with Crippen LogP contribution in [0.2, 0.25) is 0 Å². The topological polar surface area (TPSA) is 26.0 Å². The minimum Gasteiger partial charge on any atom is -0.399 e. The fraction of sp³-hybridized carbons (Fsp3) is 0.400. The number of hydrogen-bond acceptors (Lipinski definition) is 1. The van der Waals surface area contributed by atoms with Gasteiger partial charge in [-0.1, -0.05) is 12.1 Å². The monoisotopic (exact) mass is 311 g/mol. The Morgan fingerprint density at radius 1 is 0.750 bits per heavy atom. The summed E-state index contributed by atoms with van der Waals surface area (Å²) in [7, 11) is 0. The standard InChI is InChI=1S/C10H6F9N/c11-7(9(14,15)16,8(12,13)10(17,18)19)5-2-1-3-6(20)4-5/h1-4H,20H2. The number of rotatable bonds is 2. The third-order valence-corrected chi connectivity index (χ3v) is 2.46. The van der Waals surface area contributed by atoms with Gasteiger partial charge in [0.05, 0.1) is 0 Å². The van der Waals surface area contributed by atoms with E-state index in [2.05, 4.69) is 0 Å². The van der Waals surface area contributed by atoms with Crippen molar-refractivity contribution in [3.05, 3.63) is 29.8 Å². The van der Waals surface area contributed by atoms with Crippen LogP contribution in [0.15, 0.2) is 24.3 Å². The largest absolute Gasteiger partial charge is 0.457 e. The number of anilines is 1. The first-order valence-corrected chi connectivity index (χ1v) is 4.81. The average molecular weight is 311 g/mol. The number of benzene rings is 1. The van der Waals surface area contributed by atoms with Crippen molar-refractivity contribution in [3.8, 4) is 0 Å². The number of nitrogens with two attached hydrogens (primary N) is 1. The highest BCUT2D eigenvalue weighted by Crippen LogP contribution is 2.58. The van der Waals surface area contributed by atoms with E-state index >= 15 is 0 Å². The van der Waals surface area contributed by atoms with E-state index in [1.54, 1.807) is 0 Å². The van der Waals surface area contributed by atoms with Crippen LogP contribution in [0.1, 0.15) is 5.56 Å². The lowest BCUT2D eigenvalue weighted by Crippen LogP contribution is -2.59. The summed E-state index contributed by atoms with van der Waals surface area (Å²) in [6.07, 6.45) is -13.2. The Balaban J connectivity index is 3.63. The molecule has 0 heterocycles. The highest BCUT2D eigenvalue weighted by atomic mass is 19.4. The molecule has 0 spiro atoms. The van der Waals surface area contributed by atoms with Gasteiger partial charge in [-0.3, -0.25) is 0 Å². The highest BCUT2D eigenvalue weighted by Gasteiger charge is 2.81. The summed E-state index contributed by atoms with van der Waals surface area (Å²) in [5.74, 6) is -6.67. The molecule has 1 aromatic rings. The summed E-state index contributed by atoms with van der Waals surface area (Å²) in [5, 5.41) is 0. The molecule has 0 aliphatic rings. The van der Waals surface area contributed by atoms with E-state index < -0.39 is 35.2 Å². The summed E-state index contributed by atoms with van der Waals surface area (Å²) in [6.45, 7) is 0. The zero-order valence-corrected chi connectivity index (χ0v) is 9.29. The summed E-state index contributed by atoms with van der Waals surface area (Å²) < 4.78 is 114. The van der Waals surface area contributed by atoms with Crippen molar-refractivity contribution < 1.29 is 39.5 Å². The fourth-order valence-electron chi connectivity index (χ4n) is 1.47. The van der Waals surface area contributed by atoms with E-state index in [1.807, 2.05) is 0 Å². The first-order chi connectivity index (χ1) is 8.75. The van der Waals surface area contributed by atoms with Gasteiger partial charge in [0.15, 0.2) is 0 Å². The lowest BCUT2D eigenvalue weighted by atomic mass is 9.87. The fourth-order valence-corrected chi connectivity index (χ4v) is 1.47. The van der Waals surface area contributed by atoms with Crippen molar-refractivity contribution in [3.63, 3.8) is 0 Å². The molecule has 0 radical (unpaired) electrons. The molecule has 1 atom stereocenters. The van der Waals surface area contributed by atoms with Crippen molar-refractivity contribution in [1.82, 2.24) is 0 Å². The van der Waals surface area contributed by atoms with Crippen LogP contribution in [0.5, 0.6) is 0 Å². The normalized spacial score (nSPS) is 16.9. The lowest BCUT2D eigenvalue weighted by Gasteiger charge is -2.36. The van der Waals surface area contributed by atoms with E-state index in [9.17, 15) is 39.5 Å². The maximum atomic E-state index is 13.8. The molecule has 0 aliphatic carbocycles. The SMILES string of the molecule is Nc1cccc(C(F)(C(F)(F)F)C(F)(F)C(F)(F)F)c1. The van der Waals surface area contributed by atoms with Gasteiger partial charge < -0.3 is 5.73 Å². The number of alkyl halides is 9. The van der Waals surface area contributed by atoms with Crippen LogP contribution in [-0.4, -0.2) is 18.3 Å². The van der Waals surface area contributed by atoms with E-state index in [4.69, 9.17) is 5.73 Å².